The zero-order valence-electron chi connectivity index (χ0n) is 19.3. The van der Waals surface area contributed by atoms with E-state index in [1.165, 1.54) is 11.6 Å². The quantitative estimate of drug-likeness (QED) is 0.308. The number of rotatable bonds is 8. The largest absolute Gasteiger partial charge is 0.506 e. The molecular weight excluding hydrogens is 456 g/mol. The zero-order valence-corrected chi connectivity index (χ0v) is 20.1. The van der Waals surface area contributed by atoms with E-state index in [1.54, 1.807) is 38.5 Å². The van der Waals surface area contributed by atoms with Gasteiger partial charge in [-0.1, -0.05) is 49.7 Å². The van der Waals surface area contributed by atoms with Gasteiger partial charge in [0.15, 0.2) is 11.5 Å². The van der Waals surface area contributed by atoms with Crippen molar-refractivity contribution in [3.63, 3.8) is 0 Å². The number of hydrogen-bond donors (Lipinski definition) is 1. The average Bonchev–Trinajstić information content (AvgIpc) is 3.34. The summed E-state index contributed by atoms with van der Waals surface area (Å²) in [6, 6.07) is 16.5. The summed E-state index contributed by atoms with van der Waals surface area (Å²) in [4.78, 5) is 0. The number of aromatic nitrogens is 2. The molecule has 0 atom stereocenters. The third-order valence-electron chi connectivity index (χ3n) is 5.36. The van der Waals surface area contributed by atoms with Crippen molar-refractivity contribution in [3.8, 4) is 45.9 Å². The lowest BCUT2D eigenvalue weighted by Gasteiger charge is -2.16. The molecule has 0 radical (unpaired) electrons. The number of phenols is 1. The molecule has 0 aliphatic carbocycles. The Balaban J connectivity index is 1.60. The maximum atomic E-state index is 9.63. The van der Waals surface area contributed by atoms with Crippen LogP contribution in [0.2, 0.25) is 5.02 Å². The molecule has 0 amide bonds. The van der Waals surface area contributed by atoms with Gasteiger partial charge in [-0.25, -0.2) is 0 Å². The van der Waals surface area contributed by atoms with Gasteiger partial charge in [-0.15, -0.1) is 10.2 Å². The van der Waals surface area contributed by atoms with Crippen LogP contribution < -0.4 is 14.2 Å². The smallest absolute Gasteiger partial charge is 0.248 e. The SMILES string of the molecule is COc1cc(-c2nnc(-c3ccc(O)c(Cl)c3)o2)cc(OC)c1OCc1ccc(C(C)C)cc1. The molecule has 0 aliphatic rings. The molecule has 4 rings (SSSR count). The maximum Gasteiger partial charge on any atom is 0.248 e. The molecule has 3 aromatic carbocycles. The molecule has 34 heavy (non-hydrogen) atoms. The molecule has 1 heterocycles. The van der Waals surface area contributed by atoms with Crippen LogP contribution in [0.5, 0.6) is 23.0 Å². The van der Waals surface area contributed by atoms with E-state index in [1.807, 2.05) is 0 Å². The summed E-state index contributed by atoms with van der Waals surface area (Å²) < 4.78 is 23.0. The van der Waals surface area contributed by atoms with Crippen molar-refractivity contribution >= 4 is 11.6 Å². The highest BCUT2D eigenvalue weighted by atomic mass is 35.5. The van der Waals surface area contributed by atoms with Crippen molar-refractivity contribution in [1.82, 2.24) is 10.2 Å². The van der Waals surface area contributed by atoms with Crippen LogP contribution in [0.15, 0.2) is 59.0 Å². The van der Waals surface area contributed by atoms with Crippen molar-refractivity contribution in [3.05, 3.63) is 70.7 Å². The molecule has 8 heteroatoms. The van der Waals surface area contributed by atoms with Gasteiger partial charge in [0.1, 0.15) is 12.4 Å². The molecule has 7 nitrogen and oxygen atoms in total. The summed E-state index contributed by atoms with van der Waals surface area (Å²) in [5, 5.41) is 18.1. The first-order valence-corrected chi connectivity index (χ1v) is 11.1. The number of nitrogens with zero attached hydrogens (tertiary/aromatic N) is 2. The topological polar surface area (TPSA) is 86.8 Å². The van der Waals surface area contributed by atoms with E-state index in [9.17, 15) is 5.11 Å². The van der Waals surface area contributed by atoms with Crippen LogP contribution in [0.1, 0.15) is 30.9 Å². The molecule has 0 saturated heterocycles. The standard InChI is InChI=1S/C26H25ClN2O5/c1-15(2)17-7-5-16(6-8-17)14-33-24-22(31-3)12-19(13-23(24)32-4)26-29-28-25(34-26)18-9-10-21(30)20(27)11-18/h5-13,15,30H,14H2,1-4H3. The Morgan fingerprint density at radius 1 is 0.882 bits per heavy atom. The summed E-state index contributed by atoms with van der Waals surface area (Å²) >= 11 is 5.99. The van der Waals surface area contributed by atoms with Gasteiger partial charge in [-0.05, 0) is 47.4 Å². The van der Waals surface area contributed by atoms with Crippen LogP contribution >= 0.6 is 11.6 Å². The Kier molecular flexibility index (Phi) is 6.93. The van der Waals surface area contributed by atoms with E-state index in [0.717, 1.165) is 5.56 Å². The lowest BCUT2D eigenvalue weighted by molar-refractivity contribution is 0.266. The molecule has 0 unspecified atom stereocenters. The molecule has 4 aromatic rings. The highest BCUT2D eigenvalue weighted by molar-refractivity contribution is 6.32. The predicted molar refractivity (Wildman–Crippen MR) is 130 cm³/mol. The molecule has 1 aromatic heterocycles. The van der Waals surface area contributed by atoms with E-state index >= 15 is 0 Å². The number of ether oxygens (including phenoxy) is 3. The molecule has 1 N–H and O–H groups in total. The molecule has 0 spiro atoms. The van der Waals surface area contributed by atoms with Gasteiger partial charge in [-0.2, -0.15) is 0 Å². The van der Waals surface area contributed by atoms with Crippen LogP contribution in [-0.2, 0) is 6.61 Å². The zero-order chi connectivity index (χ0) is 24.2. The lowest BCUT2D eigenvalue weighted by Crippen LogP contribution is -2.01. The molecule has 176 valence electrons. The Labute approximate surface area is 202 Å². The third kappa shape index (κ3) is 4.94. The third-order valence-corrected chi connectivity index (χ3v) is 5.66. The van der Waals surface area contributed by atoms with Gasteiger partial charge in [0.05, 0.1) is 19.2 Å². The van der Waals surface area contributed by atoms with Crippen molar-refractivity contribution in [2.75, 3.05) is 14.2 Å². The molecule has 0 bridgehead atoms. The van der Waals surface area contributed by atoms with Gasteiger partial charge in [0.25, 0.3) is 0 Å². The Hall–Kier alpha value is -3.71. The van der Waals surface area contributed by atoms with E-state index in [2.05, 4.69) is 48.3 Å². The Morgan fingerprint density at radius 2 is 1.50 bits per heavy atom. The second kappa shape index (κ2) is 10.1. The fourth-order valence-electron chi connectivity index (χ4n) is 3.40. The summed E-state index contributed by atoms with van der Waals surface area (Å²) in [5.41, 5.74) is 3.50. The number of hydrogen-bond acceptors (Lipinski definition) is 7. The molecular formula is C26H25ClN2O5. The number of methoxy groups -OCH3 is 2. The minimum atomic E-state index is -0.0221. The number of aromatic hydroxyl groups is 1. The van der Waals surface area contributed by atoms with Gasteiger partial charge >= 0.3 is 0 Å². The van der Waals surface area contributed by atoms with Crippen LogP contribution in [0.4, 0.5) is 0 Å². The van der Waals surface area contributed by atoms with Crippen molar-refractivity contribution in [2.45, 2.75) is 26.4 Å². The Morgan fingerprint density at radius 3 is 2.06 bits per heavy atom. The first-order chi connectivity index (χ1) is 16.4. The van der Waals surface area contributed by atoms with Crippen LogP contribution in [0.3, 0.4) is 0 Å². The summed E-state index contributed by atoms with van der Waals surface area (Å²) in [6.07, 6.45) is 0. The summed E-state index contributed by atoms with van der Waals surface area (Å²) in [6.45, 7) is 4.68. The minimum Gasteiger partial charge on any atom is -0.506 e. The monoisotopic (exact) mass is 480 g/mol. The first kappa shape index (κ1) is 23.4. The summed E-state index contributed by atoms with van der Waals surface area (Å²) in [5.74, 6) is 2.41. The summed E-state index contributed by atoms with van der Waals surface area (Å²) in [7, 11) is 3.11. The van der Waals surface area contributed by atoms with E-state index in [-0.39, 0.29) is 22.6 Å². The second-order valence-electron chi connectivity index (χ2n) is 7.97. The lowest BCUT2D eigenvalue weighted by atomic mass is 10.0. The fourth-order valence-corrected chi connectivity index (χ4v) is 3.58. The number of benzene rings is 3. The van der Waals surface area contributed by atoms with Crippen molar-refractivity contribution in [2.24, 2.45) is 0 Å². The average molecular weight is 481 g/mol. The molecule has 0 aliphatic heterocycles. The van der Waals surface area contributed by atoms with Gasteiger partial charge in [0, 0.05) is 11.1 Å². The maximum absolute atomic E-state index is 9.63. The molecule has 0 fully saturated rings. The fraction of sp³-hybridized carbons (Fsp3) is 0.231. The van der Waals surface area contributed by atoms with Gasteiger partial charge < -0.3 is 23.7 Å². The predicted octanol–water partition coefficient (Wildman–Crippen LogP) is 6.48. The normalized spacial score (nSPS) is 11.0. The van der Waals surface area contributed by atoms with Crippen molar-refractivity contribution < 1.29 is 23.7 Å². The minimum absolute atomic E-state index is 0.0221. The highest BCUT2D eigenvalue weighted by Crippen LogP contribution is 2.42. The van der Waals surface area contributed by atoms with Crippen LogP contribution in [0.25, 0.3) is 22.9 Å². The van der Waals surface area contributed by atoms with E-state index in [0.29, 0.717) is 40.9 Å². The first-order valence-electron chi connectivity index (χ1n) is 10.7. The van der Waals surface area contributed by atoms with Gasteiger partial charge in [0.2, 0.25) is 17.5 Å². The Bertz CT molecular complexity index is 1260. The second-order valence-corrected chi connectivity index (χ2v) is 8.38. The van der Waals surface area contributed by atoms with Crippen molar-refractivity contribution in [1.29, 1.82) is 0 Å². The van der Waals surface area contributed by atoms with Crippen LogP contribution in [0, 0.1) is 0 Å². The number of halogens is 1. The highest BCUT2D eigenvalue weighted by Gasteiger charge is 2.19. The molecule has 0 saturated carbocycles. The van der Waals surface area contributed by atoms with Gasteiger partial charge in [-0.3, -0.25) is 0 Å². The van der Waals surface area contributed by atoms with Crippen LogP contribution in [-0.4, -0.2) is 29.5 Å². The number of phenolic OH excluding ortho intramolecular Hbond substituents is 1. The van der Waals surface area contributed by atoms with E-state index < -0.39 is 0 Å². The van der Waals surface area contributed by atoms with E-state index in [4.69, 9.17) is 30.2 Å².